The summed E-state index contributed by atoms with van der Waals surface area (Å²) in [6.45, 7) is 0.0246. The predicted molar refractivity (Wildman–Crippen MR) is 150 cm³/mol. The van der Waals surface area contributed by atoms with Crippen molar-refractivity contribution in [3.63, 3.8) is 0 Å². The smallest absolute Gasteiger partial charge is 0.261 e. The lowest BCUT2D eigenvalue weighted by atomic mass is 9.32. The van der Waals surface area contributed by atoms with Gasteiger partial charge in [0.1, 0.15) is 11.5 Å². The van der Waals surface area contributed by atoms with E-state index in [1.54, 1.807) is 0 Å². The van der Waals surface area contributed by atoms with Crippen LogP contribution in [0.5, 0.6) is 11.5 Å². The molecule has 0 atom stereocenters. The highest BCUT2D eigenvalue weighted by atomic mass is 16.5. The molecule has 0 amide bonds. The van der Waals surface area contributed by atoms with Crippen LogP contribution >= 0.6 is 0 Å². The van der Waals surface area contributed by atoms with Crippen LogP contribution < -0.4 is 30.9 Å². The zero-order chi connectivity index (χ0) is 25.4. The van der Waals surface area contributed by atoms with Crippen molar-refractivity contribution in [2.45, 2.75) is 0 Å². The average molecular weight is 484 g/mol. The molecule has 3 heterocycles. The van der Waals surface area contributed by atoms with Crippen molar-refractivity contribution < 1.29 is 4.74 Å². The second-order valence-corrected chi connectivity index (χ2v) is 9.61. The Labute approximate surface area is 220 Å². The molecule has 0 saturated carbocycles. The molecule has 0 N–H and O–H groups in total. The molecule has 0 aromatic heterocycles. The van der Waals surface area contributed by atoms with Gasteiger partial charge in [0.05, 0.1) is 23.3 Å². The minimum Gasteiger partial charge on any atom is -0.458 e. The Bertz CT molecular complexity index is 1750. The van der Waals surface area contributed by atoms with Gasteiger partial charge in [0.15, 0.2) is 0 Å². The molecule has 8 rings (SSSR count). The van der Waals surface area contributed by atoms with E-state index >= 15 is 0 Å². The third-order valence-electron chi connectivity index (χ3n) is 7.71. The van der Waals surface area contributed by atoms with Gasteiger partial charge in [-0.1, -0.05) is 18.2 Å². The summed E-state index contributed by atoms with van der Waals surface area (Å²) in [5, 5.41) is 18.7. The second kappa shape index (κ2) is 7.52. The highest BCUT2D eigenvalue weighted by Gasteiger charge is 2.48. The standard InChI is InChI=1S/C32H17BN4O/c34-18-20-10-14-22(15-11-20)36-24-4-1-5-25-30(24)33-31-26(36)6-2-8-28(31)38-29-9-3-7-27(32(29)33)37(25)23-16-12-21(19-35)13-17-23/h1-17H. The van der Waals surface area contributed by atoms with E-state index in [9.17, 15) is 10.5 Å². The summed E-state index contributed by atoms with van der Waals surface area (Å²) in [6.07, 6.45) is 0. The lowest BCUT2D eigenvalue weighted by molar-refractivity contribution is 0.487. The molecule has 0 spiro atoms. The van der Waals surface area contributed by atoms with E-state index in [-0.39, 0.29) is 6.71 Å². The Hall–Kier alpha value is -5.46. The van der Waals surface area contributed by atoms with Crippen LogP contribution in [0.3, 0.4) is 0 Å². The number of ether oxygens (including phenoxy) is 1. The van der Waals surface area contributed by atoms with Crippen molar-refractivity contribution in [2.75, 3.05) is 9.80 Å². The number of benzene rings is 5. The first kappa shape index (κ1) is 20.7. The zero-order valence-electron chi connectivity index (χ0n) is 20.1. The van der Waals surface area contributed by atoms with Crippen molar-refractivity contribution in [3.8, 4) is 23.6 Å². The van der Waals surface area contributed by atoms with E-state index in [1.165, 1.54) is 5.46 Å². The van der Waals surface area contributed by atoms with Crippen molar-refractivity contribution in [3.05, 3.63) is 114 Å². The summed E-state index contributed by atoms with van der Waals surface area (Å²) < 4.78 is 6.55. The summed E-state index contributed by atoms with van der Waals surface area (Å²) in [4.78, 5) is 4.54. The SMILES string of the molecule is N#Cc1ccc(N2c3cccc4c3B3c5c(cccc5N(c5ccc(C#N)cc5)c5cccc2c53)O4)cc1. The normalized spacial score (nSPS) is 13.3. The maximum Gasteiger partial charge on any atom is 0.261 e. The number of rotatable bonds is 2. The molecule has 174 valence electrons. The van der Waals surface area contributed by atoms with Gasteiger partial charge >= 0.3 is 0 Å². The van der Waals surface area contributed by atoms with Crippen molar-refractivity contribution in [1.29, 1.82) is 10.5 Å². The molecule has 3 aliphatic rings. The van der Waals surface area contributed by atoms with Gasteiger partial charge in [-0.25, -0.2) is 0 Å². The maximum atomic E-state index is 9.37. The highest BCUT2D eigenvalue weighted by Crippen LogP contribution is 2.47. The Kier molecular flexibility index (Phi) is 4.10. The Morgan fingerprint density at radius 1 is 0.500 bits per heavy atom. The van der Waals surface area contributed by atoms with Gasteiger partial charge < -0.3 is 14.5 Å². The molecule has 0 aliphatic carbocycles. The van der Waals surface area contributed by atoms with Crippen molar-refractivity contribution >= 4 is 57.2 Å². The fraction of sp³-hybridized carbons (Fsp3) is 0. The monoisotopic (exact) mass is 484 g/mol. The highest BCUT2D eigenvalue weighted by molar-refractivity contribution is 7.01. The topological polar surface area (TPSA) is 63.3 Å². The molecule has 38 heavy (non-hydrogen) atoms. The first-order valence-corrected chi connectivity index (χ1v) is 12.4. The average Bonchev–Trinajstić information content (AvgIpc) is 2.98. The third-order valence-corrected chi connectivity index (χ3v) is 7.71. The van der Waals surface area contributed by atoms with E-state index in [0.717, 1.165) is 56.5 Å². The fourth-order valence-electron chi connectivity index (χ4n) is 6.18. The van der Waals surface area contributed by atoms with Crippen LogP contribution in [-0.4, -0.2) is 6.71 Å². The van der Waals surface area contributed by atoms with Crippen LogP contribution in [0.2, 0.25) is 0 Å². The molecule has 5 nitrogen and oxygen atoms in total. The third kappa shape index (κ3) is 2.64. The van der Waals surface area contributed by atoms with Gasteiger partial charge in [-0.05, 0) is 101 Å². The molecular formula is C32H17BN4O. The van der Waals surface area contributed by atoms with E-state index < -0.39 is 0 Å². The Morgan fingerprint density at radius 2 is 0.895 bits per heavy atom. The zero-order valence-corrected chi connectivity index (χ0v) is 20.1. The number of anilines is 6. The van der Waals surface area contributed by atoms with E-state index in [1.807, 2.05) is 72.8 Å². The van der Waals surface area contributed by atoms with Crippen molar-refractivity contribution in [2.24, 2.45) is 0 Å². The van der Waals surface area contributed by atoms with Crippen molar-refractivity contribution in [1.82, 2.24) is 0 Å². The quantitative estimate of drug-likeness (QED) is 0.298. The minimum absolute atomic E-state index is 0.0246. The van der Waals surface area contributed by atoms with Gasteiger partial charge in [-0.2, -0.15) is 10.5 Å². The summed E-state index contributed by atoms with van der Waals surface area (Å²) in [5.41, 5.74) is 11.1. The van der Waals surface area contributed by atoms with Crippen LogP contribution in [0.4, 0.5) is 34.1 Å². The number of hydrogen-bond acceptors (Lipinski definition) is 5. The van der Waals surface area contributed by atoms with Crippen LogP contribution in [-0.2, 0) is 0 Å². The minimum atomic E-state index is 0.0246. The van der Waals surface area contributed by atoms with Gasteiger partial charge in [0.2, 0.25) is 0 Å². The van der Waals surface area contributed by atoms with E-state index in [2.05, 4.69) is 52.3 Å². The number of hydrogen-bond donors (Lipinski definition) is 0. The lowest BCUT2D eigenvalue weighted by Gasteiger charge is -2.46. The largest absolute Gasteiger partial charge is 0.458 e. The molecule has 0 fully saturated rings. The molecule has 0 radical (unpaired) electrons. The maximum absolute atomic E-state index is 9.37. The Morgan fingerprint density at radius 3 is 1.32 bits per heavy atom. The number of nitriles is 2. The molecule has 0 unspecified atom stereocenters. The first-order valence-electron chi connectivity index (χ1n) is 12.4. The van der Waals surface area contributed by atoms with E-state index in [0.29, 0.717) is 11.1 Å². The van der Waals surface area contributed by atoms with Gasteiger partial charge in [-0.15, -0.1) is 0 Å². The molecule has 5 aromatic rings. The molecule has 6 heteroatoms. The summed E-state index contributed by atoms with van der Waals surface area (Å²) >= 11 is 0. The van der Waals surface area contributed by atoms with Crippen LogP contribution in [0.25, 0.3) is 0 Å². The van der Waals surface area contributed by atoms with Crippen LogP contribution in [0.15, 0.2) is 103 Å². The van der Waals surface area contributed by atoms with Gasteiger partial charge in [0, 0.05) is 34.1 Å². The first-order chi connectivity index (χ1) is 18.8. The molecule has 0 bridgehead atoms. The van der Waals surface area contributed by atoms with Gasteiger partial charge in [0.25, 0.3) is 6.71 Å². The summed E-state index contributed by atoms with van der Waals surface area (Å²) in [6, 6.07) is 38.8. The summed E-state index contributed by atoms with van der Waals surface area (Å²) in [5.74, 6) is 1.73. The molecule has 0 saturated heterocycles. The number of nitrogens with zero attached hydrogens (tertiary/aromatic N) is 4. The van der Waals surface area contributed by atoms with Crippen LogP contribution in [0, 0.1) is 22.7 Å². The second-order valence-electron chi connectivity index (χ2n) is 9.61. The predicted octanol–water partition coefficient (Wildman–Crippen LogP) is 5.62. The van der Waals surface area contributed by atoms with Gasteiger partial charge in [-0.3, -0.25) is 0 Å². The summed E-state index contributed by atoms with van der Waals surface area (Å²) in [7, 11) is 0. The molecule has 5 aromatic carbocycles. The Balaban J connectivity index is 1.45. The van der Waals surface area contributed by atoms with Crippen LogP contribution in [0.1, 0.15) is 11.1 Å². The van der Waals surface area contributed by atoms with E-state index in [4.69, 9.17) is 4.74 Å². The molecule has 3 aliphatic heterocycles. The fourth-order valence-corrected chi connectivity index (χ4v) is 6.18. The lowest BCUT2D eigenvalue weighted by Crippen LogP contribution is -2.63. The molecular weight excluding hydrogens is 467 g/mol.